The molecule has 0 amide bonds. The van der Waals surface area contributed by atoms with E-state index in [1.165, 1.54) is 12.3 Å². The number of carboxylic acid groups (broad SMARTS) is 1. The number of halogens is 2. The van der Waals surface area contributed by atoms with Crippen molar-refractivity contribution in [3.8, 4) is 0 Å². The number of nitrogens with two attached hydrogens (primary N) is 1. The van der Waals surface area contributed by atoms with Gasteiger partial charge in [-0.25, -0.2) is 4.79 Å². The van der Waals surface area contributed by atoms with Gasteiger partial charge in [0.2, 0.25) is 0 Å². The Bertz CT molecular complexity index is 288. The number of carboxylic acids is 1. The Hall–Kier alpha value is -0.840. The lowest BCUT2D eigenvalue weighted by atomic mass is 10.2. The lowest BCUT2D eigenvalue weighted by molar-refractivity contribution is 0.0696. The number of pyridine rings is 1. The van der Waals surface area contributed by atoms with E-state index in [1.807, 2.05) is 0 Å². The molecule has 0 saturated carbocycles. The summed E-state index contributed by atoms with van der Waals surface area (Å²) in [6.07, 6.45) is 1.31. The largest absolute Gasteiger partial charge is 0.478 e. The second-order valence-corrected chi connectivity index (χ2v) is 2.57. The van der Waals surface area contributed by atoms with Crippen molar-refractivity contribution in [2.75, 3.05) is 0 Å². The van der Waals surface area contributed by atoms with E-state index < -0.39 is 5.97 Å². The molecule has 1 aromatic heterocycles. The zero-order valence-corrected chi connectivity index (χ0v) is 9.14. The molecule has 0 spiro atoms. The first-order valence-corrected chi connectivity index (χ1v) is 3.56. The Labute approximate surface area is 94.3 Å². The minimum absolute atomic E-state index is 0. The van der Waals surface area contributed by atoms with Crippen LogP contribution in [-0.2, 0) is 0 Å². The quantitative estimate of drug-likeness (QED) is 0.822. The molecule has 80 valence electrons. The lowest BCUT2D eigenvalue weighted by Gasteiger charge is -2.03. The summed E-state index contributed by atoms with van der Waals surface area (Å²) in [5.74, 6) is -0.973. The number of hydrogen-bond donors (Lipinski definition) is 2. The highest BCUT2D eigenvalue weighted by molar-refractivity contribution is 5.87. The van der Waals surface area contributed by atoms with Crippen LogP contribution < -0.4 is 5.73 Å². The van der Waals surface area contributed by atoms with Crippen molar-refractivity contribution < 1.29 is 9.90 Å². The molecule has 0 aliphatic carbocycles. The SMILES string of the molecule is CC(N)c1ccc(C(=O)O)cn1.Cl.Cl. The van der Waals surface area contributed by atoms with Gasteiger partial charge in [0.15, 0.2) is 0 Å². The molecule has 4 nitrogen and oxygen atoms in total. The fourth-order valence-electron chi connectivity index (χ4n) is 0.801. The number of nitrogens with zero attached hydrogens (tertiary/aromatic N) is 1. The van der Waals surface area contributed by atoms with E-state index in [-0.39, 0.29) is 36.4 Å². The van der Waals surface area contributed by atoms with Gasteiger partial charge in [-0.1, -0.05) is 0 Å². The van der Waals surface area contributed by atoms with Gasteiger partial charge in [0.25, 0.3) is 0 Å². The summed E-state index contributed by atoms with van der Waals surface area (Å²) in [4.78, 5) is 14.3. The fourth-order valence-corrected chi connectivity index (χ4v) is 0.801. The second-order valence-electron chi connectivity index (χ2n) is 2.57. The van der Waals surface area contributed by atoms with Crippen LogP contribution in [0.25, 0.3) is 0 Å². The predicted molar refractivity (Wildman–Crippen MR) is 58.3 cm³/mol. The zero-order chi connectivity index (χ0) is 9.14. The van der Waals surface area contributed by atoms with E-state index in [0.717, 1.165) is 0 Å². The molecule has 0 radical (unpaired) electrons. The first kappa shape index (κ1) is 15.6. The van der Waals surface area contributed by atoms with Crippen molar-refractivity contribution in [3.05, 3.63) is 29.6 Å². The van der Waals surface area contributed by atoms with Gasteiger partial charge in [-0.2, -0.15) is 0 Å². The third-order valence-corrected chi connectivity index (χ3v) is 1.50. The number of aromatic nitrogens is 1. The van der Waals surface area contributed by atoms with Crippen molar-refractivity contribution in [2.24, 2.45) is 5.73 Å². The Morgan fingerprint density at radius 3 is 2.36 bits per heavy atom. The maximum atomic E-state index is 10.4. The van der Waals surface area contributed by atoms with E-state index in [9.17, 15) is 4.79 Å². The molecule has 0 aliphatic heterocycles. The van der Waals surface area contributed by atoms with Crippen LogP contribution >= 0.6 is 24.8 Å². The number of rotatable bonds is 2. The fraction of sp³-hybridized carbons (Fsp3) is 0.250. The molecule has 1 heterocycles. The Morgan fingerprint density at radius 2 is 2.07 bits per heavy atom. The Balaban J connectivity index is 0. The highest BCUT2D eigenvalue weighted by atomic mass is 35.5. The van der Waals surface area contributed by atoms with Crippen molar-refractivity contribution in [1.82, 2.24) is 4.98 Å². The third-order valence-electron chi connectivity index (χ3n) is 1.50. The topological polar surface area (TPSA) is 76.2 Å². The predicted octanol–water partition coefficient (Wildman–Crippen LogP) is 1.64. The average molecular weight is 239 g/mol. The van der Waals surface area contributed by atoms with Crippen LogP contribution in [0.3, 0.4) is 0 Å². The number of carbonyl (C=O) groups is 1. The van der Waals surface area contributed by atoms with Gasteiger partial charge in [-0.15, -0.1) is 24.8 Å². The van der Waals surface area contributed by atoms with Crippen molar-refractivity contribution in [1.29, 1.82) is 0 Å². The van der Waals surface area contributed by atoms with E-state index in [2.05, 4.69) is 4.98 Å². The van der Waals surface area contributed by atoms with Crippen LogP contribution in [0.15, 0.2) is 18.3 Å². The normalized spacial score (nSPS) is 10.7. The molecule has 1 unspecified atom stereocenters. The molecule has 0 bridgehead atoms. The maximum absolute atomic E-state index is 10.4. The summed E-state index contributed by atoms with van der Waals surface area (Å²) in [5, 5.41) is 8.54. The minimum atomic E-state index is -0.973. The van der Waals surface area contributed by atoms with Crippen LogP contribution in [-0.4, -0.2) is 16.1 Å². The van der Waals surface area contributed by atoms with Crippen LogP contribution in [0.4, 0.5) is 0 Å². The highest BCUT2D eigenvalue weighted by Crippen LogP contribution is 2.06. The molecular formula is C8H12Cl2N2O2. The molecule has 1 atom stereocenters. The molecule has 1 rings (SSSR count). The molecule has 0 aromatic carbocycles. The van der Waals surface area contributed by atoms with E-state index in [4.69, 9.17) is 10.8 Å². The molecule has 14 heavy (non-hydrogen) atoms. The van der Waals surface area contributed by atoms with Crippen molar-refractivity contribution in [3.63, 3.8) is 0 Å². The lowest BCUT2D eigenvalue weighted by Crippen LogP contribution is -2.08. The van der Waals surface area contributed by atoms with Gasteiger partial charge in [-0.3, -0.25) is 4.98 Å². The zero-order valence-electron chi connectivity index (χ0n) is 7.51. The van der Waals surface area contributed by atoms with Gasteiger partial charge in [-0.05, 0) is 19.1 Å². The minimum Gasteiger partial charge on any atom is -0.478 e. The van der Waals surface area contributed by atoms with Gasteiger partial charge in [0, 0.05) is 12.2 Å². The van der Waals surface area contributed by atoms with Crippen LogP contribution in [0.2, 0.25) is 0 Å². The van der Waals surface area contributed by atoms with Gasteiger partial charge in [0.1, 0.15) is 0 Å². The molecule has 0 aliphatic rings. The summed E-state index contributed by atoms with van der Waals surface area (Å²) < 4.78 is 0. The highest BCUT2D eigenvalue weighted by Gasteiger charge is 2.04. The molecule has 6 heteroatoms. The summed E-state index contributed by atoms with van der Waals surface area (Å²) >= 11 is 0. The standard InChI is InChI=1S/C8H10N2O2.2ClH/c1-5(9)7-3-2-6(4-10-7)8(11)12;;/h2-5H,9H2,1H3,(H,11,12);2*1H. The number of hydrogen-bond acceptors (Lipinski definition) is 3. The van der Waals surface area contributed by atoms with E-state index in [1.54, 1.807) is 13.0 Å². The Morgan fingerprint density at radius 1 is 1.50 bits per heavy atom. The van der Waals surface area contributed by atoms with Gasteiger partial charge < -0.3 is 10.8 Å². The summed E-state index contributed by atoms with van der Waals surface area (Å²) in [7, 11) is 0. The van der Waals surface area contributed by atoms with Crippen LogP contribution in [0, 0.1) is 0 Å². The van der Waals surface area contributed by atoms with E-state index in [0.29, 0.717) is 5.69 Å². The third kappa shape index (κ3) is 3.91. The summed E-state index contributed by atoms with van der Waals surface area (Å²) in [5.41, 5.74) is 6.40. The van der Waals surface area contributed by atoms with Gasteiger partial charge >= 0.3 is 5.97 Å². The van der Waals surface area contributed by atoms with Crippen LogP contribution in [0.1, 0.15) is 29.0 Å². The molecular weight excluding hydrogens is 227 g/mol. The average Bonchev–Trinajstić information content (AvgIpc) is 2.04. The van der Waals surface area contributed by atoms with Crippen molar-refractivity contribution >= 4 is 30.8 Å². The molecule has 0 fully saturated rings. The smallest absolute Gasteiger partial charge is 0.337 e. The van der Waals surface area contributed by atoms with Crippen LogP contribution in [0.5, 0.6) is 0 Å². The second kappa shape index (κ2) is 6.59. The molecule has 0 saturated heterocycles. The Kier molecular flexibility index (Phi) is 7.35. The molecule has 1 aromatic rings. The first-order chi connectivity index (χ1) is 5.61. The van der Waals surface area contributed by atoms with Crippen molar-refractivity contribution in [2.45, 2.75) is 13.0 Å². The first-order valence-electron chi connectivity index (χ1n) is 3.56. The summed E-state index contributed by atoms with van der Waals surface area (Å²) in [6, 6.07) is 2.95. The van der Waals surface area contributed by atoms with E-state index >= 15 is 0 Å². The maximum Gasteiger partial charge on any atom is 0.337 e. The number of aromatic carboxylic acids is 1. The monoisotopic (exact) mass is 238 g/mol. The van der Waals surface area contributed by atoms with Gasteiger partial charge in [0.05, 0.1) is 11.3 Å². The molecule has 3 N–H and O–H groups in total. The summed E-state index contributed by atoms with van der Waals surface area (Å²) in [6.45, 7) is 1.79.